The first-order valence-corrected chi connectivity index (χ1v) is 10.6. The highest BCUT2D eigenvalue weighted by Gasteiger charge is 2.47. The van der Waals surface area contributed by atoms with Gasteiger partial charge in [-0.25, -0.2) is 0 Å². The standard InChI is InChI=1S/C27H37N/c1-18(2)23-11-10-12-24(19(3)4)25(23)28-17-27(9,16-26(28,7)8)22-14-20(5)13-21(6)15-22/h10-15,19H,1,16-17H2,2-9H3. The smallest absolute Gasteiger partial charge is 0.0482 e. The highest BCUT2D eigenvalue weighted by atomic mass is 15.2. The molecule has 0 radical (unpaired) electrons. The van der Waals surface area contributed by atoms with E-state index in [2.05, 4.69) is 103 Å². The molecule has 0 amide bonds. The average molecular weight is 376 g/mol. The molecule has 0 aliphatic carbocycles. The van der Waals surface area contributed by atoms with Crippen molar-refractivity contribution in [2.45, 2.75) is 78.7 Å². The maximum absolute atomic E-state index is 4.30. The van der Waals surface area contributed by atoms with Crippen LogP contribution < -0.4 is 4.90 Å². The van der Waals surface area contributed by atoms with Gasteiger partial charge in [0.15, 0.2) is 0 Å². The van der Waals surface area contributed by atoms with Crippen LogP contribution in [-0.4, -0.2) is 12.1 Å². The molecule has 1 saturated heterocycles. The minimum absolute atomic E-state index is 0.0849. The molecular weight excluding hydrogens is 338 g/mol. The second-order valence-electron chi connectivity index (χ2n) is 10.2. The largest absolute Gasteiger partial charge is 0.365 e. The molecular formula is C27H37N. The minimum atomic E-state index is 0.0849. The number of anilines is 1. The lowest BCUT2D eigenvalue weighted by molar-refractivity contribution is 0.444. The lowest BCUT2D eigenvalue weighted by Gasteiger charge is -2.37. The number of aryl methyl sites for hydroxylation is 2. The van der Waals surface area contributed by atoms with Crippen LogP contribution in [0.25, 0.3) is 5.57 Å². The molecule has 150 valence electrons. The van der Waals surface area contributed by atoms with Gasteiger partial charge in [-0.05, 0) is 63.7 Å². The Bertz CT molecular complexity index is 882. The fraction of sp³-hybridized carbons (Fsp3) is 0.481. The van der Waals surface area contributed by atoms with Crippen molar-refractivity contribution >= 4 is 11.3 Å². The molecule has 1 heteroatoms. The second-order valence-corrected chi connectivity index (χ2v) is 10.2. The number of hydrogen-bond donors (Lipinski definition) is 0. The minimum Gasteiger partial charge on any atom is -0.365 e. The molecule has 1 fully saturated rings. The van der Waals surface area contributed by atoms with E-state index in [-0.39, 0.29) is 11.0 Å². The van der Waals surface area contributed by atoms with Crippen LogP contribution in [0.4, 0.5) is 5.69 Å². The second kappa shape index (κ2) is 7.10. The maximum Gasteiger partial charge on any atom is 0.0482 e. The first kappa shape index (κ1) is 20.7. The molecule has 28 heavy (non-hydrogen) atoms. The Morgan fingerprint density at radius 2 is 1.64 bits per heavy atom. The van der Waals surface area contributed by atoms with E-state index < -0.39 is 0 Å². The van der Waals surface area contributed by atoms with Crippen LogP contribution in [0.1, 0.15) is 81.7 Å². The summed E-state index contributed by atoms with van der Waals surface area (Å²) in [5.74, 6) is 0.484. The summed E-state index contributed by atoms with van der Waals surface area (Å²) in [6, 6.07) is 13.8. The number of para-hydroxylation sites is 1. The van der Waals surface area contributed by atoms with Crippen molar-refractivity contribution in [3.8, 4) is 0 Å². The van der Waals surface area contributed by atoms with E-state index in [1.165, 1.54) is 33.5 Å². The monoisotopic (exact) mass is 375 g/mol. The molecule has 3 rings (SSSR count). The number of allylic oxidation sites excluding steroid dienone is 1. The summed E-state index contributed by atoms with van der Waals surface area (Å²) in [5.41, 5.74) is 9.67. The van der Waals surface area contributed by atoms with Gasteiger partial charge in [-0.15, -0.1) is 0 Å². The third kappa shape index (κ3) is 3.64. The predicted molar refractivity (Wildman–Crippen MR) is 125 cm³/mol. The highest BCUT2D eigenvalue weighted by molar-refractivity contribution is 5.78. The summed E-state index contributed by atoms with van der Waals surface area (Å²) in [6.45, 7) is 23.7. The van der Waals surface area contributed by atoms with Gasteiger partial charge in [-0.1, -0.05) is 74.9 Å². The van der Waals surface area contributed by atoms with Crippen LogP contribution in [0.2, 0.25) is 0 Å². The van der Waals surface area contributed by atoms with E-state index in [0.29, 0.717) is 5.92 Å². The number of benzene rings is 2. The van der Waals surface area contributed by atoms with Crippen molar-refractivity contribution < 1.29 is 0 Å². The van der Waals surface area contributed by atoms with E-state index in [4.69, 9.17) is 0 Å². The Morgan fingerprint density at radius 1 is 1.04 bits per heavy atom. The number of nitrogens with zero attached hydrogens (tertiary/aromatic N) is 1. The Kier molecular flexibility index (Phi) is 5.25. The zero-order valence-corrected chi connectivity index (χ0v) is 19.1. The number of hydrogen-bond acceptors (Lipinski definition) is 1. The molecule has 1 heterocycles. The van der Waals surface area contributed by atoms with Gasteiger partial charge in [0.1, 0.15) is 0 Å². The summed E-state index contributed by atoms with van der Waals surface area (Å²) in [7, 11) is 0. The van der Waals surface area contributed by atoms with E-state index in [1.54, 1.807) is 0 Å². The lowest BCUT2D eigenvalue weighted by atomic mass is 9.77. The molecule has 0 aromatic heterocycles. The van der Waals surface area contributed by atoms with Gasteiger partial charge in [0, 0.05) is 28.7 Å². The summed E-state index contributed by atoms with van der Waals surface area (Å²) in [6.07, 6.45) is 1.14. The van der Waals surface area contributed by atoms with Crippen molar-refractivity contribution in [1.29, 1.82) is 0 Å². The van der Waals surface area contributed by atoms with Crippen LogP contribution in [0.3, 0.4) is 0 Å². The van der Waals surface area contributed by atoms with Gasteiger partial charge in [0.25, 0.3) is 0 Å². The van der Waals surface area contributed by atoms with Gasteiger partial charge in [0.05, 0.1) is 0 Å². The van der Waals surface area contributed by atoms with Crippen molar-refractivity contribution in [3.05, 3.63) is 70.8 Å². The molecule has 1 aliphatic heterocycles. The molecule has 1 nitrogen and oxygen atoms in total. The van der Waals surface area contributed by atoms with Gasteiger partial charge in [-0.2, -0.15) is 0 Å². The molecule has 1 atom stereocenters. The first-order valence-electron chi connectivity index (χ1n) is 10.6. The summed E-state index contributed by atoms with van der Waals surface area (Å²) >= 11 is 0. The molecule has 1 unspecified atom stereocenters. The third-order valence-corrected chi connectivity index (χ3v) is 6.40. The molecule has 2 aromatic carbocycles. The number of rotatable bonds is 4. The predicted octanol–water partition coefficient (Wildman–Crippen LogP) is 7.41. The molecule has 0 bridgehead atoms. The quantitative estimate of drug-likeness (QED) is 0.538. The van der Waals surface area contributed by atoms with Crippen LogP contribution in [0.5, 0.6) is 0 Å². The van der Waals surface area contributed by atoms with Crippen LogP contribution in [0, 0.1) is 13.8 Å². The lowest BCUT2D eigenvalue weighted by Crippen LogP contribution is -2.39. The first-order chi connectivity index (χ1) is 12.9. The fourth-order valence-electron chi connectivity index (χ4n) is 5.24. The van der Waals surface area contributed by atoms with Crippen molar-refractivity contribution in [2.75, 3.05) is 11.4 Å². The zero-order chi connectivity index (χ0) is 20.9. The zero-order valence-electron chi connectivity index (χ0n) is 19.1. The highest BCUT2D eigenvalue weighted by Crippen LogP contribution is 2.49. The van der Waals surface area contributed by atoms with Crippen LogP contribution in [0.15, 0.2) is 43.0 Å². The van der Waals surface area contributed by atoms with E-state index in [1.807, 2.05) is 0 Å². The summed E-state index contributed by atoms with van der Waals surface area (Å²) in [4.78, 5) is 2.67. The summed E-state index contributed by atoms with van der Waals surface area (Å²) in [5, 5.41) is 0. The Hall–Kier alpha value is -2.02. The Balaban J connectivity index is 2.15. The molecule has 0 saturated carbocycles. The molecule has 2 aromatic rings. The summed E-state index contributed by atoms with van der Waals surface area (Å²) < 4.78 is 0. The van der Waals surface area contributed by atoms with Crippen molar-refractivity contribution in [2.24, 2.45) is 0 Å². The fourth-order valence-corrected chi connectivity index (χ4v) is 5.24. The third-order valence-electron chi connectivity index (χ3n) is 6.40. The van der Waals surface area contributed by atoms with E-state index in [9.17, 15) is 0 Å². The van der Waals surface area contributed by atoms with Crippen molar-refractivity contribution in [3.63, 3.8) is 0 Å². The normalized spacial score (nSPS) is 21.4. The van der Waals surface area contributed by atoms with Gasteiger partial charge in [0.2, 0.25) is 0 Å². The maximum atomic E-state index is 4.30. The Morgan fingerprint density at radius 3 is 2.18 bits per heavy atom. The van der Waals surface area contributed by atoms with Gasteiger partial charge >= 0.3 is 0 Å². The average Bonchev–Trinajstić information content (AvgIpc) is 2.83. The Labute approximate surface area is 172 Å². The molecule has 0 N–H and O–H groups in total. The van der Waals surface area contributed by atoms with Crippen LogP contribution >= 0.6 is 0 Å². The topological polar surface area (TPSA) is 3.24 Å². The van der Waals surface area contributed by atoms with Crippen molar-refractivity contribution in [1.82, 2.24) is 0 Å². The molecule has 1 aliphatic rings. The van der Waals surface area contributed by atoms with E-state index >= 15 is 0 Å². The van der Waals surface area contributed by atoms with Gasteiger partial charge in [-0.3, -0.25) is 0 Å². The molecule has 0 spiro atoms. The van der Waals surface area contributed by atoms with Crippen LogP contribution in [-0.2, 0) is 5.41 Å². The van der Waals surface area contributed by atoms with Gasteiger partial charge < -0.3 is 4.90 Å². The SMILES string of the molecule is C=C(C)c1cccc(C(C)C)c1N1CC(C)(c2cc(C)cc(C)c2)CC1(C)C. The van der Waals surface area contributed by atoms with E-state index in [0.717, 1.165) is 18.5 Å².